The van der Waals surface area contributed by atoms with E-state index >= 15 is 0 Å². The van der Waals surface area contributed by atoms with Gasteiger partial charge in [0.05, 0.1) is 50.1 Å². The normalized spacial score (nSPS) is 19.9. The molecule has 3 heterocycles. The lowest BCUT2D eigenvalue weighted by Crippen LogP contribution is -2.43. The van der Waals surface area contributed by atoms with Crippen molar-refractivity contribution in [1.29, 1.82) is 0 Å². The number of amides is 1. The Morgan fingerprint density at radius 3 is 2.62 bits per heavy atom. The van der Waals surface area contributed by atoms with E-state index in [4.69, 9.17) is 9.84 Å². The topological polar surface area (TPSA) is 124 Å². The second-order valence-electron chi connectivity index (χ2n) is 10.5. The standard InChI is InChI=1S/C25H37N5O5SSi/c1-19-18-30(9-13-35-19)24-6-4-5-23(26-24)27-25(32)21-8-7-20(28-36(33,34)14-12-31)17-22(21)29-10-15-37(2,3)16-11-29/h4-8,17,19,28,31H,9-16,18H2,1-3H3,(H,26,27,32)/t19-/m0/s1. The summed E-state index contributed by atoms with van der Waals surface area (Å²) in [6.07, 6.45) is 0.113. The van der Waals surface area contributed by atoms with Gasteiger partial charge in [-0.25, -0.2) is 13.4 Å². The Morgan fingerprint density at radius 1 is 1.16 bits per heavy atom. The largest absolute Gasteiger partial charge is 0.395 e. The highest BCUT2D eigenvalue weighted by Crippen LogP contribution is 2.32. The number of rotatable bonds is 8. The van der Waals surface area contributed by atoms with E-state index in [1.54, 1.807) is 24.3 Å². The number of aromatic nitrogens is 1. The Morgan fingerprint density at radius 2 is 1.92 bits per heavy atom. The van der Waals surface area contributed by atoms with Crippen molar-refractivity contribution in [2.45, 2.75) is 38.2 Å². The molecule has 2 aromatic rings. The minimum atomic E-state index is -3.69. The van der Waals surface area contributed by atoms with Crippen LogP contribution in [0.2, 0.25) is 25.2 Å². The van der Waals surface area contributed by atoms with Gasteiger partial charge in [-0.15, -0.1) is 0 Å². The van der Waals surface area contributed by atoms with Gasteiger partial charge < -0.3 is 25.0 Å². The Hall–Kier alpha value is -2.67. The first-order valence-electron chi connectivity index (χ1n) is 12.7. The first-order valence-corrected chi connectivity index (χ1v) is 17.8. The lowest BCUT2D eigenvalue weighted by Gasteiger charge is -2.38. The number of carbonyl (C=O) groups excluding carboxylic acids is 1. The highest BCUT2D eigenvalue weighted by molar-refractivity contribution is 7.92. The maximum absolute atomic E-state index is 13.5. The molecule has 2 fully saturated rings. The van der Waals surface area contributed by atoms with E-state index in [-0.39, 0.29) is 12.0 Å². The lowest BCUT2D eigenvalue weighted by atomic mass is 10.1. The number of anilines is 4. The van der Waals surface area contributed by atoms with E-state index in [2.05, 4.69) is 37.9 Å². The first kappa shape index (κ1) is 27.4. The number of nitrogens with zero attached hydrogens (tertiary/aromatic N) is 3. The summed E-state index contributed by atoms with van der Waals surface area (Å²) in [7, 11) is -4.95. The number of aliphatic hydroxyl groups excluding tert-OH is 1. The van der Waals surface area contributed by atoms with Crippen LogP contribution in [0.15, 0.2) is 36.4 Å². The molecule has 2 aliphatic rings. The molecule has 37 heavy (non-hydrogen) atoms. The number of benzene rings is 1. The third kappa shape index (κ3) is 7.22. The Labute approximate surface area is 220 Å². The summed E-state index contributed by atoms with van der Waals surface area (Å²) >= 11 is 0. The van der Waals surface area contributed by atoms with E-state index in [9.17, 15) is 13.2 Å². The van der Waals surface area contributed by atoms with Gasteiger partial charge in [0, 0.05) is 26.2 Å². The predicted molar refractivity (Wildman–Crippen MR) is 150 cm³/mol. The van der Waals surface area contributed by atoms with Gasteiger partial charge in [-0.1, -0.05) is 19.2 Å². The number of morpholine rings is 1. The van der Waals surface area contributed by atoms with Gasteiger partial charge in [-0.2, -0.15) is 0 Å². The minimum Gasteiger partial charge on any atom is -0.395 e. The third-order valence-electron chi connectivity index (χ3n) is 6.87. The zero-order chi connectivity index (χ0) is 26.6. The molecule has 0 aliphatic carbocycles. The molecule has 1 amide bonds. The fraction of sp³-hybridized carbons (Fsp3) is 0.520. The van der Waals surface area contributed by atoms with Crippen LogP contribution in [0.5, 0.6) is 0 Å². The quantitative estimate of drug-likeness (QED) is 0.431. The van der Waals surface area contributed by atoms with Gasteiger partial charge in [-0.05, 0) is 49.3 Å². The highest BCUT2D eigenvalue weighted by Gasteiger charge is 2.29. The van der Waals surface area contributed by atoms with Crippen LogP contribution in [-0.2, 0) is 14.8 Å². The average molecular weight is 548 g/mol. The van der Waals surface area contributed by atoms with E-state index in [1.807, 2.05) is 19.1 Å². The number of carbonyl (C=O) groups is 1. The molecule has 3 N–H and O–H groups in total. The van der Waals surface area contributed by atoms with Crippen molar-refractivity contribution in [2.75, 3.05) is 65.0 Å². The monoisotopic (exact) mass is 547 g/mol. The number of pyridine rings is 1. The summed E-state index contributed by atoms with van der Waals surface area (Å²) in [5, 5.41) is 12.0. The lowest BCUT2D eigenvalue weighted by molar-refractivity contribution is 0.0529. The Bertz CT molecular complexity index is 1220. The van der Waals surface area contributed by atoms with Crippen LogP contribution in [0, 0.1) is 0 Å². The van der Waals surface area contributed by atoms with Gasteiger partial charge in [-0.3, -0.25) is 9.52 Å². The molecule has 1 atom stereocenters. The minimum absolute atomic E-state index is 0.113. The summed E-state index contributed by atoms with van der Waals surface area (Å²) in [4.78, 5) is 22.4. The molecular weight excluding hydrogens is 510 g/mol. The second kappa shape index (κ2) is 11.4. The fourth-order valence-electron chi connectivity index (χ4n) is 4.63. The molecule has 0 saturated carbocycles. The van der Waals surface area contributed by atoms with Crippen LogP contribution in [0.1, 0.15) is 17.3 Å². The van der Waals surface area contributed by atoms with Crippen molar-refractivity contribution in [3.8, 4) is 0 Å². The zero-order valence-corrected chi connectivity index (χ0v) is 23.6. The van der Waals surface area contributed by atoms with Crippen molar-refractivity contribution < 1.29 is 23.1 Å². The van der Waals surface area contributed by atoms with E-state index in [0.29, 0.717) is 29.4 Å². The average Bonchev–Trinajstić information content (AvgIpc) is 2.84. The fourth-order valence-corrected chi connectivity index (χ4v) is 7.46. The molecule has 0 radical (unpaired) electrons. The molecule has 2 saturated heterocycles. The molecule has 10 nitrogen and oxygen atoms in total. The molecule has 0 spiro atoms. The van der Waals surface area contributed by atoms with Crippen molar-refractivity contribution >= 4 is 47.0 Å². The van der Waals surface area contributed by atoms with Gasteiger partial charge >= 0.3 is 0 Å². The third-order valence-corrected chi connectivity index (χ3v) is 11.3. The van der Waals surface area contributed by atoms with Crippen molar-refractivity contribution in [1.82, 2.24) is 4.98 Å². The molecule has 202 valence electrons. The van der Waals surface area contributed by atoms with Gasteiger partial charge in [0.1, 0.15) is 11.6 Å². The summed E-state index contributed by atoms with van der Waals surface area (Å²) < 4.78 is 32.6. The summed E-state index contributed by atoms with van der Waals surface area (Å²) in [5.74, 6) is 0.539. The molecule has 4 rings (SSSR count). The summed E-state index contributed by atoms with van der Waals surface area (Å²) in [6, 6.07) is 12.7. The maximum Gasteiger partial charge on any atom is 0.258 e. The van der Waals surface area contributed by atoms with Crippen molar-refractivity contribution in [3.63, 3.8) is 0 Å². The van der Waals surface area contributed by atoms with Crippen LogP contribution >= 0.6 is 0 Å². The number of hydrogen-bond donors (Lipinski definition) is 3. The molecule has 1 aromatic heterocycles. The van der Waals surface area contributed by atoms with Crippen LogP contribution < -0.4 is 19.8 Å². The van der Waals surface area contributed by atoms with Gasteiger partial charge in [0.15, 0.2) is 0 Å². The number of aliphatic hydroxyl groups is 1. The number of ether oxygens (including phenoxy) is 1. The molecule has 0 bridgehead atoms. The van der Waals surface area contributed by atoms with Gasteiger partial charge in [0.2, 0.25) is 10.0 Å². The van der Waals surface area contributed by atoms with Crippen LogP contribution in [0.25, 0.3) is 0 Å². The van der Waals surface area contributed by atoms with E-state index < -0.39 is 30.5 Å². The Balaban J connectivity index is 1.58. The van der Waals surface area contributed by atoms with Crippen LogP contribution in [0.4, 0.5) is 23.0 Å². The zero-order valence-electron chi connectivity index (χ0n) is 21.7. The van der Waals surface area contributed by atoms with Crippen LogP contribution in [-0.4, -0.2) is 83.7 Å². The second-order valence-corrected chi connectivity index (χ2v) is 17.7. The van der Waals surface area contributed by atoms with Crippen molar-refractivity contribution in [2.24, 2.45) is 0 Å². The summed E-state index contributed by atoms with van der Waals surface area (Å²) in [6.45, 7) is 10.0. The predicted octanol–water partition coefficient (Wildman–Crippen LogP) is 2.82. The molecule has 0 unspecified atom stereocenters. The number of nitrogens with one attached hydrogen (secondary N) is 2. The molecule has 1 aromatic carbocycles. The van der Waals surface area contributed by atoms with Crippen molar-refractivity contribution in [3.05, 3.63) is 42.0 Å². The number of sulfonamides is 1. The molecule has 2 aliphatic heterocycles. The summed E-state index contributed by atoms with van der Waals surface area (Å²) in [5.41, 5.74) is 1.51. The molecule has 12 heteroatoms. The first-order chi connectivity index (χ1) is 17.5. The van der Waals surface area contributed by atoms with E-state index in [1.165, 1.54) is 0 Å². The maximum atomic E-state index is 13.5. The SMILES string of the molecule is C[C@H]1CN(c2cccc(NC(=O)c3ccc(NS(=O)(=O)CCO)cc3N3CC[Si](C)(C)CC3)n2)CCO1. The van der Waals surface area contributed by atoms with E-state index in [0.717, 1.165) is 44.1 Å². The smallest absolute Gasteiger partial charge is 0.258 e. The van der Waals surface area contributed by atoms with Gasteiger partial charge in [0.25, 0.3) is 5.91 Å². The molecular formula is C25H37N5O5SSi. The highest BCUT2D eigenvalue weighted by atomic mass is 32.2. The Kier molecular flexibility index (Phi) is 8.41. The number of hydrogen-bond acceptors (Lipinski definition) is 8. The van der Waals surface area contributed by atoms with Crippen LogP contribution in [0.3, 0.4) is 0 Å².